The molecule has 2 aromatic rings. The Bertz CT molecular complexity index is 1090. The molecule has 1 aliphatic rings. The molecule has 1 saturated carbocycles. The number of rotatable bonds is 9. The van der Waals surface area contributed by atoms with Gasteiger partial charge in [-0.15, -0.1) is 0 Å². The van der Waals surface area contributed by atoms with Crippen LogP contribution in [0.25, 0.3) is 0 Å². The number of ether oxygens (including phenoxy) is 2. The van der Waals surface area contributed by atoms with Gasteiger partial charge in [0.1, 0.15) is 11.5 Å². The Morgan fingerprint density at radius 2 is 1.76 bits per heavy atom. The molecular formula is C23H25ClN4O6. The molecule has 0 aromatic heterocycles. The van der Waals surface area contributed by atoms with Gasteiger partial charge in [-0.25, -0.2) is 0 Å². The van der Waals surface area contributed by atoms with Gasteiger partial charge in [0, 0.05) is 17.0 Å². The Hall–Kier alpha value is -3.79. The lowest BCUT2D eigenvalue weighted by molar-refractivity contribution is -0.127. The molecule has 2 aromatic carbocycles. The number of carbonyl (C=O) groups excluding carboxylic acids is 4. The summed E-state index contributed by atoms with van der Waals surface area (Å²) in [6.07, 6.45) is 0.812. The van der Waals surface area contributed by atoms with E-state index in [2.05, 4.69) is 21.5 Å². The third-order valence-corrected chi connectivity index (χ3v) is 5.35. The maximum Gasteiger partial charge on any atom is 0.273 e. The van der Waals surface area contributed by atoms with Crippen molar-refractivity contribution in [3.63, 3.8) is 0 Å². The fraction of sp³-hybridized carbons (Fsp3) is 0.304. The number of methoxy groups -OCH3 is 1. The third kappa shape index (κ3) is 6.85. The van der Waals surface area contributed by atoms with Crippen LogP contribution in [0, 0.1) is 11.8 Å². The third-order valence-electron chi connectivity index (χ3n) is 5.11. The van der Waals surface area contributed by atoms with E-state index in [0.29, 0.717) is 22.4 Å². The maximum absolute atomic E-state index is 12.5. The molecule has 1 aliphatic carbocycles. The molecule has 3 rings (SSSR count). The van der Waals surface area contributed by atoms with Gasteiger partial charge < -0.3 is 20.1 Å². The van der Waals surface area contributed by atoms with Gasteiger partial charge in [-0.3, -0.25) is 30.0 Å². The van der Waals surface area contributed by atoms with Crippen LogP contribution in [-0.4, -0.2) is 43.9 Å². The highest BCUT2D eigenvalue weighted by molar-refractivity contribution is 6.30. The van der Waals surface area contributed by atoms with Crippen molar-refractivity contribution in [1.29, 1.82) is 0 Å². The van der Waals surface area contributed by atoms with E-state index in [9.17, 15) is 19.2 Å². The number of benzene rings is 2. The largest absolute Gasteiger partial charge is 0.495 e. The lowest BCUT2D eigenvalue weighted by atomic mass is 10.2. The molecule has 180 valence electrons. The van der Waals surface area contributed by atoms with E-state index >= 15 is 0 Å². The zero-order valence-electron chi connectivity index (χ0n) is 18.6. The molecule has 0 radical (unpaired) electrons. The minimum Gasteiger partial charge on any atom is -0.495 e. The first kappa shape index (κ1) is 24.8. The van der Waals surface area contributed by atoms with Gasteiger partial charge in [-0.1, -0.05) is 30.7 Å². The van der Waals surface area contributed by atoms with E-state index in [4.69, 9.17) is 21.1 Å². The number of hydrazine groups is 1. The lowest BCUT2D eigenvalue weighted by Gasteiger charge is -2.13. The summed E-state index contributed by atoms with van der Waals surface area (Å²) in [5.74, 6) is -1.08. The van der Waals surface area contributed by atoms with Gasteiger partial charge >= 0.3 is 0 Å². The highest BCUT2D eigenvalue weighted by Crippen LogP contribution is 2.37. The number of anilines is 1. The molecule has 0 saturated heterocycles. The molecule has 34 heavy (non-hydrogen) atoms. The normalized spacial score (nSPS) is 16.1. The summed E-state index contributed by atoms with van der Waals surface area (Å²) in [5, 5.41) is 5.63. The predicted molar refractivity (Wildman–Crippen MR) is 124 cm³/mol. The van der Waals surface area contributed by atoms with Gasteiger partial charge in [0.15, 0.2) is 6.61 Å². The Kier molecular flexibility index (Phi) is 8.31. The second-order valence-electron chi connectivity index (χ2n) is 7.72. The number of hydrogen-bond acceptors (Lipinski definition) is 6. The molecule has 1 fully saturated rings. The molecule has 2 unspecified atom stereocenters. The zero-order chi connectivity index (χ0) is 24.7. The fourth-order valence-electron chi connectivity index (χ4n) is 3.10. The summed E-state index contributed by atoms with van der Waals surface area (Å²) in [5.41, 5.74) is 5.02. The van der Waals surface area contributed by atoms with Crippen molar-refractivity contribution in [3.05, 3.63) is 53.1 Å². The Labute approximate surface area is 201 Å². The number of para-hydroxylation sites is 1. The van der Waals surface area contributed by atoms with Crippen molar-refractivity contribution >= 4 is 40.9 Å². The molecular weight excluding hydrogens is 464 g/mol. The minimum atomic E-state index is -0.647. The second kappa shape index (κ2) is 11.4. The Morgan fingerprint density at radius 1 is 1.03 bits per heavy atom. The molecule has 2 atom stereocenters. The van der Waals surface area contributed by atoms with Crippen molar-refractivity contribution in [2.75, 3.05) is 25.6 Å². The van der Waals surface area contributed by atoms with Crippen molar-refractivity contribution in [3.8, 4) is 11.5 Å². The first-order valence-corrected chi connectivity index (χ1v) is 10.9. The topological polar surface area (TPSA) is 135 Å². The molecule has 0 heterocycles. The Balaban J connectivity index is 1.49. The SMILES string of the molecule is COc1cc(Cl)ccc1NC(=O)COc1ccccc1C(=O)NNC(=O)CNC(=O)C1CC1C. The smallest absolute Gasteiger partial charge is 0.273 e. The first-order valence-electron chi connectivity index (χ1n) is 10.5. The average Bonchev–Trinajstić information content (AvgIpc) is 3.57. The Morgan fingerprint density at radius 3 is 2.47 bits per heavy atom. The van der Waals surface area contributed by atoms with Crippen molar-refractivity contribution in [2.45, 2.75) is 13.3 Å². The molecule has 4 amide bonds. The van der Waals surface area contributed by atoms with E-state index in [1.165, 1.54) is 19.2 Å². The first-order chi connectivity index (χ1) is 16.3. The van der Waals surface area contributed by atoms with E-state index in [1.54, 1.807) is 30.3 Å². The van der Waals surface area contributed by atoms with Crippen molar-refractivity contribution < 1.29 is 28.7 Å². The quantitative estimate of drug-likeness (QED) is 0.398. The van der Waals surface area contributed by atoms with Crippen molar-refractivity contribution in [2.24, 2.45) is 11.8 Å². The predicted octanol–water partition coefficient (Wildman–Crippen LogP) is 1.90. The summed E-state index contributed by atoms with van der Waals surface area (Å²) >= 11 is 5.92. The van der Waals surface area contributed by atoms with E-state index in [0.717, 1.165) is 6.42 Å². The lowest BCUT2D eigenvalue weighted by Crippen LogP contribution is -2.46. The van der Waals surface area contributed by atoms with Crippen LogP contribution in [0.3, 0.4) is 0 Å². The molecule has 0 bridgehead atoms. The van der Waals surface area contributed by atoms with Gasteiger partial charge in [0.05, 0.1) is 24.9 Å². The summed E-state index contributed by atoms with van der Waals surface area (Å²) in [7, 11) is 1.45. The standard InChI is InChI=1S/C23H25ClN4O6/c1-13-9-16(13)22(31)25-11-20(29)27-28-23(32)15-5-3-4-6-18(15)34-12-21(30)26-17-8-7-14(24)10-19(17)33-2/h3-8,10,13,16H,9,11-12H2,1-2H3,(H,25,31)(H,26,30)(H,27,29)(H,28,32). The molecule has 4 N–H and O–H groups in total. The maximum atomic E-state index is 12.5. The van der Waals surface area contributed by atoms with Crippen LogP contribution in [0.1, 0.15) is 23.7 Å². The van der Waals surface area contributed by atoms with Gasteiger partial charge in [0.2, 0.25) is 5.91 Å². The van der Waals surface area contributed by atoms with Crippen molar-refractivity contribution in [1.82, 2.24) is 16.2 Å². The number of nitrogens with one attached hydrogen (secondary N) is 4. The highest BCUT2D eigenvalue weighted by Gasteiger charge is 2.39. The average molecular weight is 489 g/mol. The zero-order valence-corrected chi connectivity index (χ0v) is 19.4. The fourth-order valence-corrected chi connectivity index (χ4v) is 3.26. The van der Waals surface area contributed by atoms with Gasteiger partial charge in [-0.2, -0.15) is 0 Å². The summed E-state index contributed by atoms with van der Waals surface area (Å²) in [6.45, 7) is 1.32. The summed E-state index contributed by atoms with van der Waals surface area (Å²) in [4.78, 5) is 48.5. The molecule has 0 spiro atoms. The highest BCUT2D eigenvalue weighted by atomic mass is 35.5. The van der Waals surface area contributed by atoms with Crippen LogP contribution >= 0.6 is 11.6 Å². The number of carbonyl (C=O) groups is 4. The second-order valence-corrected chi connectivity index (χ2v) is 8.15. The van der Waals surface area contributed by atoms with E-state index < -0.39 is 17.7 Å². The van der Waals surface area contributed by atoms with Gasteiger partial charge in [0.25, 0.3) is 17.7 Å². The van der Waals surface area contributed by atoms with Gasteiger partial charge in [-0.05, 0) is 36.6 Å². The van der Waals surface area contributed by atoms with Crippen LogP contribution < -0.4 is 31.0 Å². The van der Waals surface area contributed by atoms with Crippen LogP contribution in [0.4, 0.5) is 5.69 Å². The number of amides is 4. The van der Waals surface area contributed by atoms with Crippen LogP contribution in [-0.2, 0) is 14.4 Å². The number of halogens is 1. The van der Waals surface area contributed by atoms with Crippen LogP contribution in [0.5, 0.6) is 11.5 Å². The molecule has 0 aliphatic heterocycles. The summed E-state index contributed by atoms with van der Waals surface area (Å²) in [6, 6.07) is 11.0. The van der Waals surface area contributed by atoms with E-state index in [-0.39, 0.29) is 36.3 Å². The number of hydrogen-bond donors (Lipinski definition) is 4. The minimum absolute atomic E-state index is 0.0515. The van der Waals surface area contributed by atoms with Crippen LogP contribution in [0.2, 0.25) is 5.02 Å². The molecule has 10 nitrogen and oxygen atoms in total. The monoisotopic (exact) mass is 488 g/mol. The van der Waals surface area contributed by atoms with E-state index in [1.807, 2.05) is 6.92 Å². The van der Waals surface area contributed by atoms with Crippen LogP contribution in [0.15, 0.2) is 42.5 Å². The summed E-state index contributed by atoms with van der Waals surface area (Å²) < 4.78 is 10.7. The molecule has 11 heteroatoms.